The van der Waals surface area contributed by atoms with Crippen LogP contribution in [0.5, 0.6) is 0 Å². The molecule has 27 heavy (non-hydrogen) atoms. The molecular formula is C19H19BrClN3OS2. The van der Waals surface area contributed by atoms with Gasteiger partial charge in [0.05, 0.1) is 5.75 Å². The van der Waals surface area contributed by atoms with Gasteiger partial charge < -0.3 is 4.57 Å². The maximum absolute atomic E-state index is 12.6. The van der Waals surface area contributed by atoms with E-state index in [9.17, 15) is 4.21 Å². The molecule has 0 fully saturated rings. The quantitative estimate of drug-likeness (QED) is 0.399. The molecule has 0 amide bonds. The van der Waals surface area contributed by atoms with E-state index in [2.05, 4.69) is 33.1 Å². The van der Waals surface area contributed by atoms with Gasteiger partial charge in [0, 0.05) is 38.3 Å². The lowest BCUT2D eigenvalue weighted by Gasteiger charge is -2.08. The highest BCUT2D eigenvalue weighted by Gasteiger charge is 2.14. The molecule has 0 N–H and O–H groups in total. The predicted octanol–water partition coefficient (Wildman–Crippen LogP) is 5.46. The van der Waals surface area contributed by atoms with Gasteiger partial charge in [-0.1, -0.05) is 63.6 Å². The molecule has 4 nitrogen and oxygen atoms in total. The smallest absolute Gasteiger partial charge is 0.191 e. The topological polar surface area (TPSA) is 47.8 Å². The molecule has 0 aliphatic rings. The maximum Gasteiger partial charge on any atom is 0.191 e. The Labute approximate surface area is 179 Å². The van der Waals surface area contributed by atoms with Crippen LogP contribution in [-0.2, 0) is 34.6 Å². The van der Waals surface area contributed by atoms with Crippen LogP contribution >= 0.6 is 39.3 Å². The standard InChI is InChI=1S/C19H19BrClN3OS2/c1-2-24-18(13-27(25)12-15-3-7-16(20)8-4-15)22-23-19(24)26-11-14-5-9-17(21)10-6-14/h3-10H,2,11-13H2,1H3/t27-/m1/s1. The molecule has 2 aromatic carbocycles. The van der Waals surface area contributed by atoms with Crippen LogP contribution in [0.2, 0.25) is 5.02 Å². The van der Waals surface area contributed by atoms with Gasteiger partial charge in [-0.15, -0.1) is 10.2 Å². The molecule has 1 aromatic heterocycles. The van der Waals surface area contributed by atoms with E-state index in [4.69, 9.17) is 11.6 Å². The first-order valence-electron chi connectivity index (χ1n) is 8.44. The third-order valence-corrected chi connectivity index (χ3v) is 6.98. The van der Waals surface area contributed by atoms with Gasteiger partial charge in [0.25, 0.3) is 0 Å². The Morgan fingerprint density at radius 2 is 1.70 bits per heavy atom. The highest BCUT2D eigenvalue weighted by atomic mass is 79.9. The first-order valence-corrected chi connectivity index (χ1v) is 12.1. The van der Waals surface area contributed by atoms with Crippen LogP contribution in [0, 0.1) is 0 Å². The summed E-state index contributed by atoms with van der Waals surface area (Å²) in [6.07, 6.45) is 0. The highest BCUT2D eigenvalue weighted by Crippen LogP contribution is 2.23. The van der Waals surface area contributed by atoms with Crippen molar-refractivity contribution in [3.63, 3.8) is 0 Å². The Bertz CT molecular complexity index is 914. The van der Waals surface area contributed by atoms with Crippen LogP contribution in [0.4, 0.5) is 0 Å². The van der Waals surface area contributed by atoms with E-state index in [1.54, 1.807) is 11.8 Å². The molecule has 0 saturated carbocycles. The average Bonchev–Trinajstić information content (AvgIpc) is 3.04. The van der Waals surface area contributed by atoms with Crippen molar-refractivity contribution in [1.82, 2.24) is 14.8 Å². The van der Waals surface area contributed by atoms with Crippen molar-refractivity contribution >= 4 is 50.1 Å². The molecular weight excluding hydrogens is 466 g/mol. The van der Waals surface area contributed by atoms with E-state index in [0.29, 0.717) is 11.5 Å². The van der Waals surface area contributed by atoms with Gasteiger partial charge in [0.15, 0.2) is 5.16 Å². The molecule has 0 saturated heterocycles. The van der Waals surface area contributed by atoms with Crippen molar-refractivity contribution in [3.05, 3.63) is 75.0 Å². The molecule has 142 valence electrons. The van der Waals surface area contributed by atoms with Crippen molar-refractivity contribution in [2.24, 2.45) is 0 Å². The fourth-order valence-corrected chi connectivity index (χ4v) is 5.08. The number of nitrogens with zero attached hydrogens (tertiary/aromatic N) is 3. The zero-order valence-electron chi connectivity index (χ0n) is 14.8. The van der Waals surface area contributed by atoms with Gasteiger partial charge in [-0.2, -0.15) is 0 Å². The van der Waals surface area contributed by atoms with Crippen LogP contribution in [0.15, 0.2) is 58.2 Å². The summed E-state index contributed by atoms with van der Waals surface area (Å²) in [6.45, 7) is 2.80. The van der Waals surface area contributed by atoms with Gasteiger partial charge >= 0.3 is 0 Å². The molecule has 3 aromatic rings. The lowest BCUT2D eigenvalue weighted by molar-refractivity contribution is 0.650. The molecule has 1 atom stereocenters. The van der Waals surface area contributed by atoms with Gasteiger partial charge in [-0.3, -0.25) is 4.21 Å². The number of aromatic nitrogens is 3. The van der Waals surface area contributed by atoms with Gasteiger partial charge in [-0.05, 0) is 42.3 Å². The number of benzene rings is 2. The summed E-state index contributed by atoms with van der Waals surface area (Å²) in [5, 5.41) is 10.2. The minimum Gasteiger partial charge on any atom is -0.306 e. The summed E-state index contributed by atoms with van der Waals surface area (Å²) in [5.74, 6) is 2.47. The first kappa shape index (κ1) is 20.6. The lowest BCUT2D eigenvalue weighted by atomic mass is 10.2. The maximum atomic E-state index is 12.6. The van der Waals surface area contributed by atoms with Gasteiger partial charge in [0.1, 0.15) is 5.82 Å². The molecule has 0 bridgehead atoms. The third kappa shape index (κ3) is 5.91. The molecule has 0 radical (unpaired) electrons. The van der Waals surface area contributed by atoms with Crippen molar-refractivity contribution in [1.29, 1.82) is 0 Å². The SMILES string of the molecule is CCn1c(C[S@](=O)Cc2ccc(Br)cc2)nnc1SCc1ccc(Cl)cc1. The fourth-order valence-electron chi connectivity index (χ4n) is 2.54. The van der Waals surface area contributed by atoms with E-state index in [1.165, 1.54) is 5.56 Å². The summed E-state index contributed by atoms with van der Waals surface area (Å²) in [5.41, 5.74) is 2.23. The second-order valence-corrected chi connectivity index (χ2v) is 9.66. The van der Waals surface area contributed by atoms with E-state index in [1.807, 2.05) is 53.1 Å². The lowest BCUT2D eigenvalue weighted by Crippen LogP contribution is -2.08. The molecule has 1 heterocycles. The Hall–Kier alpha value is -1.15. The molecule has 0 aliphatic carbocycles. The Kier molecular flexibility index (Phi) is 7.52. The van der Waals surface area contributed by atoms with Gasteiger partial charge in [0.2, 0.25) is 0 Å². The minimum absolute atomic E-state index is 0.401. The summed E-state index contributed by atoms with van der Waals surface area (Å²) in [7, 11) is -1.03. The number of thioether (sulfide) groups is 1. The summed E-state index contributed by atoms with van der Waals surface area (Å²) in [4.78, 5) is 0. The van der Waals surface area contributed by atoms with E-state index in [0.717, 1.165) is 38.3 Å². The second kappa shape index (κ2) is 9.87. The van der Waals surface area contributed by atoms with E-state index < -0.39 is 10.8 Å². The largest absolute Gasteiger partial charge is 0.306 e. The monoisotopic (exact) mass is 483 g/mol. The van der Waals surface area contributed by atoms with Crippen LogP contribution in [0.25, 0.3) is 0 Å². The molecule has 8 heteroatoms. The predicted molar refractivity (Wildman–Crippen MR) is 116 cm³/mol. The summed E-state index contributed by atoms with van der Waals surface area (Å²) in [6, 6.07) is 15.7. The van der Waals surface area contributed by atoms with E-state index in [-0.39, 0.29) is 0 Å². The molecule has 0 unspecified atom stereocenters. The Balaban J connectivity index is 1.63. The van der Waals surface area contributed by atoms with Crippen LogP contribution in [-0.4, -0.2) is 19.0 Å². The number of halogens is 2. The van der Waals surface area contributed by atoms with Crippen molar-refractivity contribution in [3.8, 4) is 0 Å². The molecule has 3 rings (SSSR count). The second-order valence-electron chi connectivity index (χ2n) is 5.91. The zero-order chi connectivity index (χ0) is 19.2. The summed E-state index contributed by atoms with van der Waals surface area (Å²) >= 11 is 11.0. The minimum atomic E-state index is -1.03. The fraction of sp³-hybridized carbons (Fsp3) is 0.263. The van der Waals surface area contributed by atoms with Crippen LogP contribution in [0.1, 0.15) is 23.9 Å². The number of hydrogen-bond acceptors (Lipinski definition) is 4. The van der Waals surface area contributed by atoms with Crippen LogP contribution < -0.4 is 0 Å². The van der Waals surface area contributed by atoms with Crippen molar-refractivity contribution < 1.29 is 4.21 Å². The van der Waals surface area contributed by atoms with Gasteiger partial charge in [-0.25, -0.2) is 0 Å². The number of hydrogen-bond donors (Lipinski definition) is 0. The Morgan fingerprint density at radius 3 is 2.37 bits per heavy atom. The third-order valence-electron chi connectivity index (χ3n) is 3.92. The average molecular weight is 485 g/mol. The number of rotatable bonds is 8. The first-order chi connectivity index (χ1) is 13.0. The highest BCUT2D eigenvalue weighted by molar-refractivity contribution is 9.10. The Morgan fingerprint density at radius 1 is 1.04 bits per heavy atom. The van der Waals surface area contributed by atoms with Crippen molar-refractivity contribution in [2.45, 2.75) is 35.9 Å². The van der Waals surface area contributed by atoms with Crippen LogP contribution in [0.3, 0.4) is 0 Å². The molecule has 0 spiro atoms. The zero-order valence-corrected chi connectivity index (χ0v) is 18.7. The molecule has 0 aliphatic heterocycles. The van der Waals surface area contributed by atoms with E-state index >= 15 is 0 Å². The van der Waals surface area contributed by atoms with Crippen molar-refractivity contribution in [2.75, 3.05) is 0 Å². The normalized spacial score (nSPS) is 12.3. The summed E-state index contributed by atoms with van der Waals surface area (Å²) < 4.78 is 15.6.